The predicted octanol–water partition coefficient (Wildman–Crippen LogP) is -0.708. The van der Waals surface area contributed by atoms with Crippen LogP contribution in [0.4, 0.5) is 0 Å². The summed E-state index contributed by atoms with van der Waals surface area (Å²) in [6.07, 6.45) is 2.39. The molecule has 0 bridgehead atoms. The van der Waals surface area contributed by atoms with Crippen LogP contribution in [-0.2, 0) is 0 Å². The molecule has 0 saturated carbocycles. The normalized spacial score (nSPS) is 11.8. The van der Waals surface area contributed by atoms with E-state index < -0.39 is 5.56 Å². The molecule has 10 heteroatoms. The summed E-state index contributed by atoms with van der Waals surface area (Å²) in [5.41, 5.74) is 0.415. The summed E-state index contributed by atoms with van der Waals surface area (Å²) in [4.78, 5) is 46.4. The molecule has 0 aliphatic rings. The maximum atomic E-state index is 11.0. The van der Waals surface area contributed by atoms with Gasteiger partial charge in [-0.05, 0) is 0 Å². The molecule has 0 unspecified atom stereocenters. The second kappa shape index (κ2) is 4.76. The van der Waals surface area contributed by atoms with Gasteiger partial charge >= 0.3 is 0 Å². The molecule has 4 aromatic heterocycles. The zero-order chi connectivity index (χ0) is 15.7. The van der Waals surface area contributed by atoms with Gasteiger partial charge in [-0.3, -0.25) is 9.59 Å². The number of nitrogens with zero attached hydrogens (tertiary/aromatic N) is 4. The average Bonchev–Trinajstić information content (AvgIpc) is 3.06. The number of aromatic nitrogens is 8. The van der Waals surface area contributed by atoms with E-state index in [2.05, 4.69) is 39.9 Å². The van der Waals surface area contributed by atoms with Crippen molar-refractivity contribution in [3.63, 3.8) is 0 Å². The van der Waals surface area contributed by atoms with E-state index in [1.165, 1.54) is 12.7 Å². The lowest BCUT2D eigenvalue weighted by molar-refractivity contribution is 1.15. The molecule has 4 N–H and O–H groups in total. The molecule has 100 valence electrons. The van der Waals surface area contributed by atoms with Crippen molar-refractivity contribution >= 4 is 22.3 Å². The van der Waals surface area contributed by atoms with E-state index in [1.54, 1.807) is 0 Å². The monoisotopic (exact) mass is 274 g/mol. The van der Waals surface area contributed by atoms with Gasteiger partial charge in [-0.2, -0.15) is 0 Å². The van der Waals surface area contributed by atoms with E-state index in [0.717, 1.165) is 0 Å². The van der Waals surface area contributed by atoms with E-state index >= 15 is 0 Å². The Hall–Kier alpha value is -3.30. The fourth-order valence-corrected chi connectivity index (χ4v) is 1.46. The SMILES string of the molecule is O=c1[nH]cnc2nc[nH]c12.[2H]c1nc2[nH]c([2H])nc2c(=O)[nH]1. The summed E-state index contributed by atoms with van der Waals surface area (Å²) in [6.45, 7) is 0. The molecule has 4 heterocycles. The van der Waals surface area contributed by atoms with Crippen LogP contribution in [0.1, 0.15) is 2.74 Å². The van der Waals surface area contributed by atoms with Crippen molar-refractivity contribution in [2.45, 2.75) is 0 Å². The van der Waals surface area contributed by atoms with Gasteiger partial charge in [-0.1, -0.05) is 0 Å². The summed E-state index contributed by atoms with van der Waals surface area (Å²) in [6, 6.07) is 0. The number of rotatable bonds is 0. The lowest BCUT2D eigenvalue weighted by Gasteiger charge is -1.81. The molecular formula is C10H8N8O2. The van der Waals surface area contributed by atoms with Crippen molar-refractivity contribution in [1.29, 1.82) is 0 Å². The number of aromatic amines is 4. The van der Waals surface area contributed by atoms with Gasteiger partial charge in [0.1, 0.15) is 2.74 Å². The Bertz CT molecular complexity index is 1060. The third-order valence-electron chi connectivity index (χ3n) is 2.35. The Morgan fingerprint density at radius 3 is 2.40 bits per heavy atom. The second-order valence-corrected chi connectivity index (χ2v) is 3.56. The highest BCUT2D eigenvalue weighted by molar-refractivity contribution is 5.67. The molecule has 0 aromatic carbocycles. The molecule has 0 atom stereocenters. The molecule has 4 aromatic rings. The number of nitrogens with one attached hydrogen (secondary N) is 4. The van der Waals surface area contributed by atoms with Gasteiger partial charge in [-0.15, -0.1) is 0 Å². The Morgan fingerprint density at radius 1 is 0.850 bits per heavy atom. The van der Waals surface area contributed by atoms with Gasteiger partial charge in [0, 0.05) is 0 Å². The van der Waals surface area contributed by atoms with Gasteiger partial charge in [0.25, 0.3) is 11.1 Å². The summed E-state index contributed by atoms with van der Waals surface area (Å²) in [5.74, 6) is 0. The quantitative estimate of drug-likeness (QED) is 0.333. The Labute approximate surface area is 112 Å². The summed E-state index contributed by atoms with van der Waals surface area (Å²) < 4.78 is 14.1. The van der Waals surface area contributed by atoms with Crippen molar-refractivity contribution in [3.8, 4) is 0 Å². The standard InChI is InChI=1S/2C5H4N4O/c2*10-5-3-4(7-1-6-3)8-2-9-5/h2*1-2H,(H2,6,7,8,9,10)/i1D,2D;. The average molecular weight is 274 g/mol. The first kappa shape index (κ1) is 9.61. The van der Waals surface area contributed by atoms with Crippen LogP contribution in [0.25, 0.3) is 22.3 Å². The number of fused-ring (bicyclic) bond motifs is 2. The third-order valence-corrected chi connectivity index (χ3v) is 2.35. The highest BCUT2D eigenvalue weighted by Gasteiger charge is 1.98. The fraction of sp³-hybridized carbons (Fsp3) is 0. The maximum absolute atomic E-state index is 11.0. The van der Waals surface area contributed by atoms with E-state index in [0.29, 0.717) is 11.2 Å². The van der Waals surface area contributed by atoms with Crippen LogP contribution in [-0.4, -0.2) is 39.9 Å². The van der Waals surface area contributed by atoms with E-state index in [4.69, 9.17) is 2.74 Å². The molecule has 20 heavy (non-hydrogen) atoms. The highest BCUT2D eigenvalue weighted by atomic mass is 16.1. The lowest BCUT2D eigenvalue weighted by atomic mass is 10.6. The molecule has 0 saturated heterocycles. The number of hydrogen-bond acceptors (Lipinski definition) is 6. The molecule has 10 nitrogen and oxygen atoms in total. The Balaban J connectivity index is 0.000000133. The lowest BCUT2D eigenvalue weighted by Crippen LogP contribution is -2.05. The van der Waals surface area contributed by atoms with E-state index in [9.17, 15) is 9.59 Å². The maximum Gasteiger partial charge on any atom is 0.278 e. The number of hydrogen-bond donors (Lipinski definition) is 4. The first-order chi connectivity index (χ1) is 10.5. The Morgan fingerprint density at radius 2 is 1.60 bits per heavy atom. The highest BCUT2D eigenvalue weighted by Crippen LogP contribution is 1.94. The number of imidazole rings is 2. The van der Waals surface area contributed by atoms with Crippen LogP contribution in [0.2, 0.25) is 0 Å². The van der Waals surface area contributed by atoms with Crippen molar-refractivity contribution in [1.82, 2.24) is 39.9 Å². The predicted molar refractivity (Wildman–Crippen MR) is 69.0 cm³/mol. The fourth-order valence-electron chi connectivity index (χ4n) is 1.46. The molecular weight excluding hydrogens is 264 g/mol. The third kappa shape index (κ3) is 2.05. The minimum atomic E-state index is -0.500. The van der Waals surface area contributed by atoms with Crippen molar-refractivity contribution in [2.24, 2.45) is 0 Å². The van der Waals surface area contributed by atoms with Gasteiger partial charge in [0.15, 0.2) is 22.3 Å². The smallest absolute Gasteiger partial charge is 0.278 e. The zero-order valence-corrected chi connectivity index (χ0v) is 9.76. The summed E-state index contributed by atoms with van der Waals surface area (Å²) in [5, 5.41) is 0. The van der Waals surface area contributed by atoms with Crippen LogP contribution in [0.5, 0.6) is 0 Å². The molecule has 0 radical (unpaired) electrons. The van der Waals surface area contributed by atoms with Crippen molar-refractivity contribution in [2.75, 3.05) is 0 Å². The molecule has 0 fully saturated rings. The molecule has 0 aliphatic heterocycles. The van der Waals surface area contributed by atoms with Gasteiger partial charge in [0.05, 0.1) is 25.3 Å². The van der Waals surface area contributed by atoms with Crippen molar-refractivity contribution < 1.29 is 2.74 Å². The largest absolute Gasteiger partial charge is 0.339 e. The topological polar surface area (TPSA) is 149 Å². The molecule has 0 aliphatic carbocycles. The minimum Gasteiger partial charge on any atom is -0.339 e. The Kier molecular flexibility index (Phi) is 2.29. The van der Waals surface area contributed by atoms with Gasteiger partial charge < -0.3 is 19.9 Å². The van der Waals surface area contributed by atoms with E-state index in [-0.39, 0.29) is 29.3 Å². The van der Waals surface area contributed by atoms with Crippen LogP contribution in [0.15, 0.2) is 34.9 Å². The van der Waals surface area contributed by atoms with Crippen LogP contribution in [0, 0.1) is 0 Å². The van der Waals surface area contributed by atoms with Gasteiger partial charge in [0.2, 0.25) is 0 Å². The summed E-state index contributed by atoms with van der Waals surface area (Å²) >= 11 is 0. The molecule has 0 amide bonds. The molecule has 0 spiro atoms. The zero-order valence-electron chi connectivity index (χ0n) is 11.8. The van der Waals surface area contributed by atoms with Crippen molar-refractivity contribution in [3.05, 3.63) is 46.0 Å². The van der Waals surface area contributed by atoms with E-state index in [1.807, 2.05) is 0 Å². The second-order valence-electron chi connectivity index (χ2n) is 3.56. The van der Waals surface area contributed by atoms with Crippen LogP contribution >= 0.6 is 0 Å². The number of H-pyrrole nitrogens is 4. The summed E-state index contributed by atoms with van der Waals surface area (Å²) in [7, 11) is 0. The van der Waals surface area contributed by atoms with Crippen LogP contribution < -0.4 is 11.1 Å². The first-order valence-electron chi connectivity index (χ1n) is 6.34. The first-order valence-corrected chi connectivity index (χ1v) is 5.34. The van der Waals surface area contributed by atoms with Crippen LogP contribution in [0.3, 0.4) is 0 Å². The molecule has 4 rings (SSSR count). The van der Waals surface area contributed by atoms with Gasteiger partial charge in [-0.25, -0.2) is 19.9 Å². The minimum absolute atomic E-state index is 0.0657.